The highest BCUT2D eigenvalue weighted by Gasteiger charge is 2.28. The molecule has 7 heteroatoms. The smallest absolute Gasteiger partial charge is 0.255 e. The molecule has 3 amide bonds. The summed E-state index contributed by atoms with van der Waals surface area (Å²) < 4.78 is 26.7. The number of carbonyl (C=O) groups excluding carboxylic acids is 3. The Balaban J connectivity index is 1.69. The van der Waals surface area contributed by atoms with Gasteiger partial charge in [-0.2, -0.15) is 0 Å². The van der Waals surface area contributed by atoms with Gasteiger partial charge < -0.3 is 5.32 Å². The molecule has 0 spiro atoms. The van der Waals surface area contributed by atoms with Crippen molar-refractivity contribution in [1.29, 1.82) is 0 Å². The Morgan fingerprint density at radius 2 is 1.64 bits per heavy atom. The van der Waals surface area contributed by atoms with Crippen molar-refractivity contribution in [1.82, 2.24) is 4.90 Å². The first kappa shape index (κ1) is 16.8. The van der Waals surface area contributed by atoms with Gasteiger partial charge in [0.1, 0.15) is 11.6 Å². The average molecular weight is 344 g/mol. The minimum atomic E-state index is -0.738. The molecule has 1 saturated heterocycles. The third-order valence-electron chi connectivity index (χ3n) is 3.89. The van der Waals surface area contributed by atoms with Crippen LogP contribution < -0.4 is 5.32 Å². The quantitative estimate of drug-likeness (QED) is 0.868. The summed E-state index contributed by atoms with van der Waals surface area (Å²) in [5.74, 6) is -2.42. The minimum absolute atomic E-state index is 0.151. The molecule has 0 saturated carbocycles. The zero-order valence-corrected chi connectivity index (χ0v) is 13.1. The first-order valence-corrected chi connectivity index (χ1v) is 7.62. The van der Waals surface area contributed by atoms with Crippen LogP contribution in [-0.2, 0) is 16.1 Å². The second kappa shape index (κ2) is 6.80. The molecule has 2 aromatic carbocycles. The molecule has 0 bridgehead atoms. The molecule has 0 aliphatic carbocycles. The second-order valence-corrected chi connectivity index (χ2v) is 5.65. The molecule has 1 heterocycles. The van der Waals surface area contributed by atoms with Crippen LogP contribution in [0.3, 0.4) is 0 Å². The number of anilines is 1. The Kier molecular flexibility index (Phi) is 4.56. The number of hydrogen-bond donors (Lipinski definition) is 1. The highest BCUT2D eigenvalue weighted by molar-refractivity contribution is 6.04. The molecule has 2 aromatic rings. The van der Waals surface area contributed by atoms with Gasteiger partial charge in [0.15, 0.2) is 0 Å². The number of likely N-dealkylation sites (tertiary alicyclic amines) is 1. The number of hydrogen-bond acceptors (Lipinski definition) is 3. The lowest BCUT2D eigenvalue weighted by molar-refractivity contribution is -0.139. The molecule has 0 unspecified atom stereocenters. The lowest BCUT2D eigenvalue weighted by Gasteiger charge is -2.14. The topological polar surface area (TPSA) is 66.5 Å². The van der Waals surface area contributed by atoms with Crippen LogP contribution in [0.1, 0.15) is 28.8 Å². The van der Waals surface area contributed by atoms with Crippen molar-refractivity contribution in [2.75, 3.05) is 5.32 Å². The zero-order chi connectivity index (χ0) is 18.0. The van der Waals surface area contributed by atoms with E-state index in [0.717, 1.165) is 18.2 Å². The van der Waals surface area contributed by atoms with Crippen LogP contribution in [0.15, 0.2) is 42.5 Å². The monoisotopic (exact) mass is 344 g/mol. The molecular formula is C18H14F2N2O3. The number of carbonyl (C=O) groups is 3. The minimum Gasteiger partial charge on any atom is -0.319 e. The Morgan fingerprint density at radius 3 is 2.28 bits per heavy atom. The van der Waals surface area contributed by atoms with E-state index in [4.69, 9.17) is 0 Å². The molecule has 5 nitrogen and oxygen atoms in total. The lowest BCUT2D eigenvalue weighted by Crippen LogP contribution is -2.28. The highest BCUT2D eigenvalue weighted by Crippen LogP contribution is 2.18. The van der Waals surface area contributed by atoms with E-state index in [1.54, 1.807) is 12.1 Å². The van der Waals surface area contributed by atoms with Crippen LogP contribution in [0.5, 0.6) is 0 Å². The molecule has 1 fully saturated rings. The summed E-state index contributed by atoms with van der Waals surface area (Å²) in [4.78, 5) is 36.5. The number of rotatable bonds is 4. The number of benzene rings is 2. The van der Waals surface area contributed by atoms with Gasteiger partial charge in [0, 0.05) is 24.5 Å². The van der Waals surface area contributed by atoms with Crippen LogP contribution in [0, 0.1) is 11.6 Å². The van der Waals surface area contributed by atoms with Gasteiger partial charge in [-0.3, -0.25) is 19.3 Å². The van der Waals surface area contributed by atoms with Gasteiger partial charge in [0.05, 0.1) is 12.2 Å². The average Bonchev–Trinajstić information content (AvgIpc) is 2.91. The van der Waals surface area contributed by atoms with Crippen LogP contribution in [-0.4, -0.2) is 22.6 Å². The summed E-state index contributed by atoms with van der Waals surface area (Å²) in [7, 11) is 0. The van der Waals surface area contributed by atoms with Gasteiger partial charge in [0.2, 0.25) is 11.8 Å². The van der Waals surface area contributed by atoms with Gasteiger partial charge in [-0.15, -0.1) is 0 Å². The van der Waals surface area contributed by atoms with Crippen molar-refractivity contribution in [2.45, 2.75) is 19.4 Å². The fourth-order valence-corrected chi connectivity index (χ4v) is 2.53. The van der Waals surface area contributed by atoms with Gasteiger partial charge in [-0.25, -0.2) is 8.78 Å². The molecule has 0 atom stereocenters. The predicted molar refractivity (Wildman–Crippen MR) is 85.5 cm³/mol. The van der Waals surface area contributed by atoms with Crippen LogP contribution in [0.4, 0.5) is 14.5 Å². The SMILES string of the molecule is O=C(Nc1cc(F)ccc1F)c1ccc(CN2C(=O)CCC2=O)cc1. The second-order valence-electron chi connectivity index (χ2n) is 5.65. The Morgan fingerprint density at radius 1 is 1.00 bits per heavy atom. The number of amides is 3. The van der Waals surface area contributed by atoms with E-state index in [1.807, 2.05) is 0 Å². The van der Waals surface area contributed by atoms with Crippen LogP contribution in [0.2, 0.25) is 0 Å². The van der Waals surface area contributed by atoms with Gasteiger partial charge >= 0.3 is 0 Å². The number of halogens is 2. The number of imide groups is 1. The Labute approximate surface area is 142 Å². The van der Waals surface area contributed by atoms with E-state index in [2.05, 4.69) is 5.32 Å². The van der Waals surface area contributed by atoms with Gasteiger partial charge in [-0.05, 0) is 29.8 Å². The summed E-state index contributed by atoms with van der Waals surface area (Å²) in [5, 5.41) is 2.30. The van der Waals surface area contributed by atoms with Crippen molar-refractivity contribution < 1.29 is 23.2 Å². The van der Waals surface area contributed by atoms with Crippen LogP contribution >= 0.6 is 0 Å². The largest absolute Gasteiger partial charge is 0.319 e. The molecule has 3 rings (SSSR count). The highest BCUT2D eigenvalue weighted by atomic mass is 19.1. The van der Waals surface area contributed by atoms with E-state index in [0.29, 0.717) is 5.56 Å². The first-order chi connectivity index (χ1) is 11.9. The maximum Gasteiger partial charge on any atom is 0.255 e. The molecule has 0 aromatic heterocycles. The zero-order valence-electron chi connectivity index (χ0n) is 13.1. The van der Waals surface area contributed by atoms with E-state index in [1.165, 1.54) is 17.0 Å². The summed E-state index contributed by atoms with van der Waals surface area (Å²) in [6.45, 7) is 0.151. The maximum absolute atomic E-state index is 13.6. The maximum atomic E-state index is 13.6. The van der Waals surface area contributed by atoms with Crippen molar-refractivity contribution >= 4 is 23.4 Å². The Hall–Kier alpha value is -3.09. The summed E-state index contributed by atoms with van der Waals surface area (Å²) >= 11 is 0. The first-order valence-electron chi connectivity index (χ1n) is 7.62. The molecular weight excluding hydrogens is 330 g/mol. The van der Waals surface area contributed by atoms with Crippen molar-refractivity contribution in [3.63, 3.8) is 0 Å². The molecule has 1 aliphatic heterocycles. The third-order valence-corrected chi connectivity index (χ3v) is 3.89. The van der Waals surface area contributed by atoms with Gasteiger partial charge in [-0.1, -0.05) is 12.1 Å². The summed E-state index contributed by atoms with van der Waals surface area (Å²) in [6, 6.07) is 8.98. The van der Waals surface area contributed by atoms with Crippen LogP contribution in [0.25, 0.3) is 0 Å². The molecule has 128 valence electrons. The molecule has 0 radical (unpaired) electrons. The van der Waals surface area contributed by atoms with Crippen molar-refractivity contribution in [2.24, 2.45) is 0 Å². The fourth-order valence-electron chi connectivity index (χ4n) is 2.53. The van der Waals surface area contributed by atoms with Crippen molar-refractivity contribution in [3.8, 4) is 0 Å². The molecule has 1 aliphatic rings. The van der Waals surface area contributed by atoms with Crippen molar-refractivity contribution in [3.05, 3.63) is 65.2 Å². The lowest BCUT2D eigenvalue weighted by atomic mass is 10.1. The number of nitrogens with one attached hydrogen (secondary N) is 1. The fraction of sp³-hybridized carbons (Fsp3) is 0.167. The van der Waals surface area contributed by atoms with E-state index >= 15 is 0 Å². The van der Waals surface area contributed by atoms with E-state index in [-0.39, 0.29) is 42.5 Å². The Bertz CT molecular complexity index is 834. The normalized spacial score (nSPS) is 14.1. The number of nitrogens with zero attached hydrogens (tertiary/aromatic N) is 1. The van der Waals surface area contributed by atoms with E-state index in [9.17, 15) is 23.2 Å². The predicted octanol–water partition coefficient (Wildman–Crippen LogP) is 2.87. The summed E-state index contributed by atoms with van der Waals surface area (Å²) in [5.41, 5.74) is 0.686. The summed E-state index contributed by atoms with van der Waals surface area (Å²) in [6.07, 6.45) is 0.442. The molecule has 25 heavy (non-hydrogen) atoms. The van der Waals surface area contributed by atoms with E-state index < -0.39 is 17.5 Å². The third kappa shape index (κ3) is 3.71. The molecule has 1 N–H and O–H groups in total. The standard InChI is InChI=1S/C18H14F2N2O3/c19-13-5-6-14(20)15(9-13)21-18(25)12-3-1-11(2-4-12)10-22-16(23)7-8-17(22)24/h1-6,9H,7-8,10H2,(H,21,25). The van der Waals surface area contributed by atoms with Gasteiger partial charge in [0.25, 0.3) is 5.91 Å².